The maximum absolute atomic E-state index is 13.4. The van der Waals surface area contributed by atoms with E-state index in [9.17, 15) is 17.4 Å². The van der Waals surface area contributed by atoms with Crippen LogP contribution in [0.1, 0.15) is 12.7 Å². The molecule has 3 aromatic rings. The number of fused-ring (bicyclic) bond motifs is 1. The molecule has 0 aromatic carbocycles. The van der Waals surface area contributed by atoms with Gasteiger partial charge >= 0.3 is 0 Å². The number of amides is 1. The molecule has 9 nitrogen and oxygen atoms in total. The Bertz CT molecular complexity index is 1150. The summed E-state index contributed by atoms with van der Waals surface area (Å²) in [6.45, 7) is 1.09. The molecular formula is C19H20F3N5O4S. The number of primary amides is 1. The Morgan fingerprint density at radius 1 is 1.31 bits per heavy atom. The molecule has 4 heterocycles. The first-order chi connectivity index (χ1) is 15.2. The highest BCUT2D eigenvalue weighted by Crippen LogP contribution is 2.36. The summed E-state index contributed by atoms with van der Waals surface area (Å²) in [7, 11) is 1.01. The van der Waals surface area contributed by atoms with Crippen LogP contribution in [0.2, 0.25) is 0 Å². The molecule has 1 aliphatic heterocycles. The van der Waals surface area contributed by atoms with Gasteiger partial charge in [-0.05, 0) is 0 Å². The lowest BCUT2D eigenvalue weighted by atomic mass is 9.94. The Balaban J connectivity index is 0.000000913. The van der Waals surface area contributed by atoms with Crippen molar-refractivity contribution in [3.05, 3.63) is 36.2 Å². The van der Waals surface area contributed by atoms with E-state index in [1.165, 1.54) is 6.20 Å². The molecule has 0 unspecified atom stereocenters. The van der Waals surface area contributed by atoms with E-state index in [4.69, 9.17) is 14.3 Å². The van der Waals surface area contributed by atoms with Crippen LogP contribution >= 0.6 is 0 Å². The van der Waals surface area contributed by atoms with Gasteiger partial charge in [-0.1, -0.05) is 6.92 Å². The van der Waals surface area contributed by atoms with Crippen molar-refractivity contribution in [3.8, 4) is 17.5 Å². The minimum Gasteiger partial charge on any atom is -0.482 e. The molecule has 1 fully saturated rings. The van der Waals surface area contributed by atoms with Crippen molar-refractivity contribution >= 4 is 28.2 Å². The summed E-state index contributed by atoms with van der Waals surface area (Å²) >= 11 is 0. The highest BCUT2D eigenvalue weighted by molar-refractivity contribution is 7.86. The zero-order chi connectivity index (χ0) is 23.5. The number of alkyl halides is 2. The van der Waals surface area contributed by atoms with Crippen LogP contribution in [-0.4, -0.2) is 54.7 Å². The Labute approximate surface area is 183 Å². The molecule has 1 amide bonds. The number of hydrogen-bond donors (Lipinski definition) is 1. The average molecular weight is 471 g/mol. The molecule has 0 radical (unpaired) electrons. The fraction of sp³-hybridized carbons (Fsp3) is 0.368. The number of ether oxygens (including phenoxy) is 2. The third-order valence-electron chi connectivity index (χ3n) is 4.59. The summed E-state index contributed by atoms with van der Waals surface area (Å²) in [5.74, 6) is 0.844. The third kappa shape index (κ3) is 4.98. The van der Waals surface area contributed by atoms with Gasteiger partial charge < -0.3 is 19.8 Å². The van der Waals surface area contributed by atoms with Gasteiger partial charge in [0.2, 0.25) is 12.3 Å². The quantitative estimate of drug-likeness (QED) is 0.546. The number of carbonyl (C=O) groups excluding carboxylic acids is 1. The second kappa shape index (κ2) is 9.51. The van der Waals surface area contributed by atoms with Gasteiger partial charge in [0.15, 0.2) is 5.75 Å². The molecule has 1 aliphatic rings. The number of nitrogens with two attached hydrogens (primary N) is 1. The number of pyridine rings is 2. The molecule has 3 aromatic heterocycles. The van der Waals surface area contributed by atoms with Crippen LogP contribution in [0.3, 0.4) is 0 Å². The lowest BCUT2D eigenvalue weighted by Crippen LogP contribution is -2.47. The van der Waals surface area contributed by atoms with Crippen LogP contribution in [0.25, 0.3) is 11.0 Å². The molecule has 13 heteroatoms. The van der Waals surface area contributed by atoms with Crippen molar-refractivity contribution in [2.75, 3.05) is 18.1 Å². The van der Waals surface area contributed by atoms with E-state index in [-0.39, 0.29) is 29.3 Å². The molecular weight excluding hydrogens is 451 g/mol. The Morgan fingerprint density at radius 2 is 2.00 bits per heavy atom. The van der Waals surface area contributed by atoms with Gasteiger partial charge in [-0.3, -0.25) is 9.00 Å². The predicted octanol–water partition coefficient (Wildman–Crippen LogP) is 2.06. The van der Waals surface area contributed by atoms with E-state index < -0.39 is 29.6 Å². The Kier molecular flexibility index (Phi) is 6.96. The van der Waals surface area contributed by atoms with E-state index >= 15 is 0 Å². The van der Waals surface area contributed by atoms with Gasteiger partial charge in [-0.15, -0.1) is 0 Å². The summed E-state index contributed by atoms with van der Waals surface area (Å²) in [4.78, 5) is 21.1. The standard InChI is InChI=1S/C18H17F3N4O3S.CH3NO/c1-18(8-29(26)9-18)17-24-11-6-22-15(4-12(11)25(17)2)28-16-13(27-7-14(20)21)3-10(19)5-23-16;2-1-3/h3-6,14H,7-9H2,1-2H3;1H,(H2,2,3). The van der Waals surface area contributed by atoms with Gasteiger partial charge in [-0.2, -0.15) is 0 Å². The van der Waals surface area contributed by atoms with Crippen LogP contribution < -0.4 is 15.2 Å². The number of halogens is 3. The minimum atomic E-state index is -2.73. The first-order valence-electron chi connectivity index (χ1n) is 9.24. The fourth-order valence-electron chi connectivity index (χ4n) is 3.31. The monoisotopic (exact) mass is 471 g/mol. The van der Waals surface area contributed by atoms with Gasteiger partial charge in [0.25, 0.3) is 12.3 Å². The maximum Gasteiger partial charge on any atom is 0.272 e. The molecule has 0 saturated carbocycles. The highest BCUT2D eigenvalue weighted by atomic mass is 32.2. The predicted molar refractivity (Wildman–Crippen MR) is 110 cm³/mol. The largest absolute Gasteiger partial charge is 0.482 e. The molecule has 0 atom stereocenters. The van der Waals surface area contributed by atoms with Crippen LogP contribution in [0.4, 0.5) is 13.2 Å². The van der Waals surface area contributed by atoms with E-state index in [1.54, 1.807) is 6.07 Å². The smallest absolute Gasteiger partial charge is 0.272 e. The first-order valence-corrected chi connectivity index (χ1v) is 10.7. The number of hydrogen-bond acceptors (Lipinski definition) is 7. The lowest BCUT2D eigenvalue weighted by Gasteiger charge is -2.36. The number of aromatic nitrogens is 4. The van der Waals surface area contributed by atoms with E-state index in [2.05, 4.69) is 20.7 Å². The zero-order valence-corrected chi connectivity index (χ0v) is 17.9. The number of imidazole rings is 1. The van der Waals surface area contributed by atoms with Gasteiger partial charge in [0.05, 0.1) is 17.9 Å². The number of carbonyl (C=O) groups is 1. The summed E-state index contributed by atoms with van der Waals surface area (Å²) in [6.07, 6.45) is -0.0743. The highest BCUT2D eigenvalue weighted by Gasteiger charge is 2.43. The summed E-state index contributed by atoms with van der Waals surface area (Å²) in [5, 5.41) is 0. The van der Waals surface area contributed by atoms with Crippen molar-refractivity contribution < 1.29 is 31.6 Å². The summed E-state index contributed by atoms with van der Waals surface area (Å²) in [6, 6.07) is 2.54. The molecule has 0 spiro atoms. The lowest BCUT2D eigenvalue weighted by molar-refractivity contribution is -0.106. The zero-order valence-electron chi connectivity index (χ0n) is 17.1. The van der Waals surface area contributed by atoms with E-state index in [0.717, 1.165) is 23.6 Å². The van der Waals surface area contributed by atoms with Crippen molar-refractivity contribution in [2.45, 2.75) is 18.8 Å². The maximum atomic E-state index is 13.4. The van der Waals surface area contributed by atoms with Crippen LogP contribution in [-0.2, 0) is 28.1 Å². The third-order valence-corrected chi connectivity index (χ3v) is 6.51. The van der Waals surface area contributed by atoms with Gasteiger partial charge in [-0.25, -0.2) is 28.1 Å². The first kappa shape index (κ1) is 23.4. The van der Waals surface area contributed by atoms with Crippen molar-refractivity contribution in [3.63, 3.8) is 0 Å². The molecule has 1 saturated heterocycles. The van der Waals surface area contributed by atoms with Gasteiger partial charge in [0.1, 0.15) is 23.8 Å². The topological polar surface area (TPSA) is 122 Å². The number of rotatable bonds is 6. The molecule has 32 heavy (non-hydrogen) atoms. The second-order valence-electron chi connectivity index (χ2n) is 7.19. The van der Waals surface area contributed by atoms with Crippen molar-refractivity contribution in [2.24, 2.45) is 12.8 Å². The Hall–Kier alpha value is -3.22. The van der Waals surface area contributed by atoms with Gasteiger partial charge in [0, 0.05) is 46.9 Å². The molecule has 2 N–H and O–H groups in total. The van der Waals surface area contributed by atoms with Crippen LogP contribution in [0.15, 0.2) is 24.5 Å². The minimum absolute atomic E-state index is 0.121. The second-order valence-corrected chi connectivity index (χ2v) is 8.65. The molecule has 4 rings (SSSR count). The molecule has 0 aliphatic carbocycles. The molecule has 172 valence electrons. The van der Waals surface area contributed by atoms with E-state index in [1.807, 2.05) is 18.5 Å². The summed E-state index contributed by atoms with van der Waals surface area (Å²) in [5.41, 5.74) is 5.25. The summed E-state index contributed by atoms with van der Waals surface area (Å²) < 4.78 is 62.2. The van der Waals surface area contributed by atoms with Crippen molar-refractivity contribution in [1.82, 2.24) is 19.5 Å². The fourth-order valence-corrected chi connectivity index (χ4v) is 4.91. The van der Waals surface area contributed by atoms with Crippen LogP contribution in [0, 0.1) is 5.82 Å². The van der Waals surface area contributed by atoms with E-state index in [0.29, 0.717) is 17.0 Å². The Morgan fingerprint density at radius 3 is 2.62 bits per heavy atom. The number of aryl methyl sites for hydroxylation is 1. The molecule has 0 bridgehead atoms. The van der Waals surface area contributed by atoms with Crippen LogP contribution in [0.5, 0.6) is 17.5 Å². The SMILES string of the molecule is Cn1c(C2(C)CS(=O)C2)nc2cnc(Oc3ncc(F)cc3OCC(F)F)cc21.NC=O. The number of nitrogens with zero attached hydrogens (tertiary/aromatic N) is 4. The van der Waals surface area contributed by atoms with Crippen molar-refractivity contribution in [1.29, 1.82) is 0 Å². The normalized spacial score (nSPS) is 19.8. The average Bonchev–Trinajstić information content (AvgIpc) is 3.04.